The number of amides is 1. The lowest BCUT2D eigenvalue weighted by Gasteiger charge is -2.42. The Labute approximate surface area is 167 Å². The van der Waals surface area contributed by atoms with Crippen molar-refractivity contribution in [1.82, 2.24) is 15.2 Å². The Kier molecular flexibility index (Phi) is 6.13. The Morgan fingerprint density at radius 1 is 1.32 bits per heavy atom. The average Bonchev–Trinajstić information content (AvgIpc) is 2.98. The molecule has 1 atom stereocenters. The summed E-state index contributed by atoms with van der Waals surface area (Å²) < 4.78 is 11.8. The number of carbonyl (C=O) groups is 1. The quantitative estimate of drug-likeness (QED) is 0.850. The lowest BCUT2D eigenvalue weighted by Crippen LogP contribution is -2.59. The van der Waals surface area contributed by atoms with Crippen LogP contribution in [0.1, 0.15) is 42.5 Å². The van der Waals surface area contributed by atoms with E-state index in [1.54, 1.807) is 6.20 Å². The highest BCUT2D eigenvalue weighted by Crippen LogP contribution is 2.29. The van der Waals surface area contributed by atoms with Crippen LogP contribution in [0.5, 0.6) is 0 Å². The molecular weight excluding hydrogens is 356 g/mol. The summed E-state index contributed by atoms with van der Waals surface area (Å²) in [6, 6.07) is 4.23. The standard InChI is InChI=1S/C21H32N4O3/c1-24(17-6-3-2-4-7-17)19-18(8-5-9-23-19)20(26)25-11-13-28-21(15-25)14-22-10-12-27-16-21/h5,8-9,17,22H,2-4,6-7,10-16H2,1H3/t21-/m1/s1. The Hall–Kier alpha value is -1.70. The summed E-state index contributed by atoms with van der Waals surface area (Å²) in [5.74, 6) is 0.841. The highest BCUT2D eigenvalue weighted by atomic mass is 16.5. The molecule has 1 spiro atoms. The van der Waals surface area contributed by atoms with Crippen molar-refractivity contribution in [2.45, 2.75) is 43.7 Å². The summed E-state index contributed by atoms with van der Waals surface area (Å²) in [5, 5.41) is 3.37. The molecule has 3 fully saturated rings. The summed E-state index contributed by atoms with van der Waals surface area (Å²) in [6.45, 7) is 4.40. The fourth-order valence-corrected chi connectivity index (χ4v) is 4.64. The van der Waals surface area contributed by atoms with Gasteiger partial charge in [-0.1, -0.05) is 19.3 Å². The molecule has 0 bridgehead atoms. The van der Waals surface area contributed by atoms with Crippen molar-refractivity contribution in [2.75, 3.05) is 57.9 Å². The first kappa shape index (κ1) is 19.6. The second-order valence-electron chi connectivity index (χ2n) is 8.26. The van der Waals surface area contributed by atoms with Gasteiger partial charge in [0.2, 0.25) is 0 Å². The molecular formula is C21H32N4O3. The van der Waals surface area contributed by atoms with E-state index < -0.39 is 5.60 Å². The number of hydrogen-bond acceptors (Lipinski definition) is 6. The van der Waals surface area contributed by atoms with Crippen molar-refractivity contribution in [1.29, 1.82) is 0 Å². The smallest absolute Gasteiger partial charge is 0.257 e. The van der Waals surface area contributed by atoms with Gasteiger partial charge in [0.15, 0.2) is 0 Å². The SMILES string of the molecule is CN(c1ncccc1C(=O)N1CCO[C@]2(CNCCOC2)C1)C1CCCCC1. The molecule has 0 aromatic carbocycles. The summed E-state index contributed by atoms with van der Waals surface area (Å²) in [6.07, 6.45) is 7.95. The predicted molar refractivity (Wildman–Crippen MR) is 108 cm³/mol. The predicted octanol–water partition coefficient (Wildman–Crippen LogP) is 1.68. The van der Waals surface area contributed by atoms with Crippen LogP contribution in [0.15, 0.2) is 18.3 Å². The number of morpholine rings is 1. The van der Waals surface area contributed by atoms with E-state index >= 15 is 0 Å². The normalized spacial score (nSPS) is 26.8. The van der Waals surface area contributed by atoms with Gasteiger partial charge in [0.1, 0.15) is 11.4 Å². The third-order valence-electron chi connectivity index (χ3n) is 6.24. The summed E-state index contributed by atoms with van der Waals surface area (Å²) in [5.41, 5.74) is 0.234. The van der Waals surface area contributed by atoms with Crippen molar-refractivity contribution in [3.05, 3.63) is 23.9 Å². The van der Waals surface area contributed by atoms with Crippen LogP contribution < -0.4 is 10.2 Å². The van der Waals surface area contributed by atoms with Gasteiger partial charge in [-0.05, 0) is 25.0 Å². The van der Waals surface area contributed by atoms with Gasteiger partial charge < -0.3 is 24.6 Å². The third-order valence-corrected chi connectivity index (χ3v) is 6.24. The van der Waals surface area contributed by atoms with Crippen LogP contribution in [0.2, 0.25) is 0 Å². The number of hydrogen-bond donors (Lipinski definition) is 1. The molecule has 7 nitrogen and oxygen atoms in total. The Bertz CT molecular complexity index is 669. The molecule has 1 amide bonds. The maximum Gasteiger partial charge on any atom is 0.257 e. The molecule has 1 aromatic heterocycles. The molecule has 0 unspecified atom stereocenters. The molecule has 4 rings (SSSR count). The zero-order chi connectivity index (χ0) is 19.4. The van der Waals surface area contributed by atoms with Crippen molar-refractivity contribution in [2.24, 2.45) is 0 Å². The van der Waals surface area contributed by atoms with Gasteiger partial charge in [0.05, 0.1) is 31.9 Å². The molecule has 1 N–H and O–H groups in total. The number of rotatable bonds is 3. The van der Waals surface area contributed by atoms with E-state index in [1.807, 2.05) is 17.0 Å². The van der Waals surface area contributed by atoms with Gasteiger partial charge in [0.25, 0.3) is 5.91 Å². The van der Waals surface area contributed by atoms with Gasteiger partial charge in [0, 0.05) is 38.9 Å². The number of nitrogens with one attached hydrogen (secondary N) is 1. The second kappa shape index (κ2) is 8.76. The van der Waals surface area contributed by atoms with Crippen LogP contribution in [0.3, 0.4) is 0 Å². The fourth-order valence-electron chi connectivity index (χ4n) is 4.64. The van der Waals surface area contributed by atoms with E-state index in [2.05, 4.69) is 22.2 Å². The Morgan fingerprint density at radius 3 is 3.04 bits per heavy atom. The molecule has 154 valence electrons. The number of ether oxygens (including phenoxy) is 2. The zero-order valence-electron chi connectivity index (χ0n) is 16.9. The van der Waals surface area contributed by atoms with Gasteiger partial charge >= 0.3 is 0 Å². The minimum Gasteiger partial charge on any atom is -0.377 e. The lowest BCUT2D eigenvalue weighted by atomic mass is 9.94. The third kappa shape index (κ3) is 4.16. The molecule has 2 saturated heterocycles. The molecule has 1 saturated carbocycles. The number of carbonyl (C=O) groups excluding carboxylic acids is 1. The van der Waals surface area contributed by atoms with Crippen LogP contribution in [0.4, 0.5) is 5.82 Å². The average molecular weight is 389 g/mol. The maximum atomic E-state index is 13.5. The molecule has 1 aromatic rings. The number of aromatic nitrogens is 1. The largest absolute Gasteiger partial charge is 0.377 e. The van der Waals surface area contributed by atoms with Gasteiger partial charge in [-0.3, -0.25) is 4.79 Å². The van der Waals surface area contributed by atoms with Gasteiger partial charge in [-0.25, -0.2) is 4.98 Å². The first-order valence-corrected chi connectivity index (χ1v) is 10.6. The van der Waals surface area contributed by atoms with Crippen LogP contribution in [0, 0.1) is 0 Å². The molecule has 7 heteroatoms. The van der Waals surface area contributed by atoms with Gasteiger partial charge in [-0.15, -0.1) is 0 Å². The molecule has 2 aliphatic heterocycles. The van der Waals surface area contributed by atoms with Crippen molar-refractivity contribution in [3.63, 3.8) is 0 Å². The molecule has 1 aliphatic carbocycles. The number of nitrogens with zero attached hydrogens (tertiary/aromatic N) is 3. The van der Waals surface area contributed by atoms with Crippen molar-refractivity contribution in [3.8, 4) is 0 Å². The Morgan fingerprint density at radius 2 is 2.18 bits per heavy atom. The topological polar surface area (TPSA) is 66.9 Å². The van der Waals surface area contributed by atoms with Crippen molar-refractivity contribution < 1.29 is 14.3 Å². The van der Waals surface area contributed by atoms with E-state index in [1.165, 1.54) is 32.1 Å². The summed E-state index contributed by atoms with van der Waals surface area (Å²) >= 11 is 0. The Balaban J connectivity index is 1.53. The molecule has 3 aliphatic rings. The van der Waals surface area contributed by atoms with E-state index in [-0.39, 0.29) is 5.91 Å². The van der Waals surface area contributed by atoms with E-state index in [9.17, 15) is 4.79 Å². The van der Waals surface area contributed by atoms with Crippen LogP contribution >= 0.6 is 0 Å². The summed E-state index contributed by atoms with van der Waals surface area (Å²) in [4.78, 5) is 22.2. The first-order valence-electron chi connectivity index (χ1n) is 10.6. The number of pyridine rings is 1. The van der Waals surface area contributed by atoms with E-state index in [0.717, 1.165) is 12.4 Å². The highest BCUT2D eigenvalue weighted by Gasteiger charge is 2.40. The van der Waals surface area contributed by atoms with E-state index in [0.29, 0.717) is 51.1 Å². The molecule has 0 radical (unpaired) electrons. The number of anilines is 1. The van der Waals surface area contributed by atoms with Gasteiger partial charge in [-0.2, -0.15) is 0 Å². The monoisotopic (exact) mass is 388 g/mol. The van der Waals surface area contributed by atoms with Crippen LogP contribution in [-0.2, 0) is 9.47 Å². The molecule has 28 heavy (non-hydrogen) atoms. The van der Waals surface area contributed by atoms with Crippen molar-refractivity contribution >= 4 is 11.7 Å². The minimum atomic E-state index is -0.456. The first-order chi connectivity index (χ1) is 13.7. The van der Waals surface area contributed by atoms with Crippen LogP contribution in [0.25, 0.3) is 0 Å². The summed E-state index contributed by atoms with van der Waals surface area (Å²) in [7, 11) is 2.08. The highest BCUT2D eigenvalue weighted by molar-refractivity contribution is 5.99. The van der Waals surface area contributed by atoms with E-state index in [4.69, 9.17) is 9.47 Å². The van der Waals surface area contributed by atoms with Crippen LogP contribution in [-0.4, -0.2) is 80.5 Å². The fraction of sp³-hybridized carbons (Fsp3) is 0.714. The molecule has 3 heterocycles. The minimum absolute atomic E-state index is 0.0395. The zero-order valence-corrected chi connectivity index (χ0v) is 16.9. The lowest BCUT2D eigenvalue weighted by molar-refractivity contribution is -0.125. The second-order valence-corrected chi connectivity index (χ2v) is 8.26. The maximum absolute atomic E-state index is 13.5.